The Morgan fingerprint density at radius 3 is 2.50 bits per heavy atom. The van der Waals surface area contributed by atoms with Gasteiger partial charge in [0, 0.05) is 24.2 Å². The van der Waals surface area contributed by atoms with Gasteiger partial charge in [-0.2, -0.15) is 0 Å². The Hall–Kier alpha value is -1.90. The molecular formula is C13H13NO2. The lowest BCUT2D eigenvalue weighted by molar-refractivity contribution is -0.116. The fourth-order valence-electron chi connectivity index (χ4n) is 1.93. The van der Waals surface area contributed by atoms with Crippen LogP contribution in [0.4, 0.5) is 0 Å². The zero-order chi connectivity index (χ0) is 11.7. The summed E-state index contributed by atoms with van der Waals surface area (Å²) in [6.07, 6.45) is 0.304. The highest BCUT2D eigenvalue weighted by molar-refractivity contribution is 6.02. The van der Waals surface area contributed by atoms with Gasteiger partial charge in [-0.05, 0) is 18.6 Å². The van der Waals surface area contributed by atoms with Crippen LogP contribution in [0.3, 0.4) is 0 Å². The summed E-state index contributed by atoms with van der Waals surface area (Å²) in [6.45, 7) is 3.04. The molecule has 0 fully saturated rings. The van der Waals surface area contributed by atoms with Gasteiger partial charge in [0.25, 0.3) is 0 Å². The molecule has 2 rings (SSSR count). The number of Topliss-reactive ketones (excluding diaryl/α,β-unsaturated/α-hetero) is 2. The number of hydrogen-bond donors (Lipinski definition) is 1. The highest BCUT2D eigenvalue weighted by Gasteiger charge is 2.15. The first-order valence-corrected chi connectivity index (χ1v) is 5.19. The summed E-state index contributed by atoms with van der Waals surface area (Å²) < 4.78 is 0. The van der Waals surface area contributed by atoms with E-state index >= 15 is 0 Å². The van der Waals surface area contributed by atoms with Gasteiger partial charge in [-0.1, -0.05) is 18.2 Å². The van der Waals surface area contributed by atoms with Crippen LogP contribution in [-0.4, -0.2) is 16.6 Å². The van der Waals surface area contributed by atoms with E-state index in [0.29, 0.717) is 12.1 Å². The Morgan fingerprint density at radius 1 is 1.19 bits per heavy atom. The minimum Gasteiger partial charge on any atom is -0.352 e. The number of benzene rings is 1. The van der Waals surface area contributed by atoms with Crippen molar-refractivity contribution in [3.8, 4) is 0 Å². The van der Waals surface area contributed by atoms with Crippen molar-refractivity contribution < 1.29 is 9.59 Å². The smallest absolute Gasteiger partial charge is 0.176 e. The summed E-state index contributed by atoms with van der Waals surface area (Å²) in [7, 11) is 0. The van der Waals surface area contributed by atoms with E-state index in [1.54, 1.807) is 0 Å². The van der Waals surface area contributed by atoms with Crippen LogP contribution in [0.1, 0.15) is 29.9 Å². The van der Waals surface area contributed by atoms with E-state index in [1.165, 1.54) is 13.8 Å². The number of hydrogen-bond acceptors (Lipinski definition) is 2. The first kappa shape index (κ1) is 10.6. The van der Waals surface area contributed by atoms with E-state index in [4.69, 9.17) is 0 Å². The van der Waals surface area contributed by atoms with Gasteiger partial charge in [-0.25, -0.2) is 0 Å². The van der Waals surface area contributed by atoms with Gasteiger partial charge in [0.15, 0.2) is 5.78 Å². The summed E-state index contributed by atoms with van der Waals surface area (Å²) in [5.74, 6) is 0.0275. The zero-order valence-corrected chi connectivity index (χ0v) is 9.33. The second kappa shape index (κ2) is 3.93. The maximum atomic E-state index is 11.5. The van der Waals surface area contributed by atoms with Crippen molar-refractivity contribution in [2.24, 2.45) is 0 Å². The number of ketones is 2. The van der Waals surface area contributed by atoms with Crippen LogP contribution < -0.4 is 0 Å². The quantitative estimate of drug-likeness (QED) is 0.800. The molecule has 0 radical (unpaired) electrons. The molecule has 16 heavy (non-hydrogen) atoms. The van der Waals surface area contributed by atoms with Crippen LogP contribution in [0, 0.1) is 0 Å². The molecule has 82 valence electrons. The van der Waals surface area contributed by atoms with Crippen molar-refractivity contribution >= 4 is 22.5 Å². The van der Waals surface area contributed by atoms with Gasteiger partial charge < -0.3 is 4.98 Å². The van der Waals surface area contributed by atoms with Crippen LogP contribution in [0.25, 0.3) is 10.9 Å². The third-order valence-corrected chi connectivity index (χ3v) is 2.59. The summed E-state index contributed by atoms with van der Waals surface area (Å²) in [6, 6.07) is 7.64. The summed E-state index contributed by atoms with van der Waals surface area (Å²) in [4.78, 5) is 25.7. The number of aromatic amines is 1. The zero-order valence-electron chi connectivity index (χ0n) is 9.33. The average Bonchev–Trinajstić information content (AvgIpc) is 2.57. The van der Waals surface area contributed by atoms with Crippen LogP contribution in [-0.2, 0) is 11.2 Å². The molecule has 2 aromatic rings. The second-order valence-corrected chi connectivity index (χ2v) is 3.96. The monoisotopic (exact) mass is 215 g/mol. The average molecular weight is 215 g/mol. The Morgan fingerprint density at radius 2 is 1.88 bits per heavy atom. The minimum absolute atomic E-state index is 0.0348. The number of H-pyrrole nitrogens is 1. The van der Waals surface area contributed by atoms with E-state index in [2.05, 4.69) is 4.98 Å². The summed E-state index contributed by atoms with van der Waals surface area (Å²) in [5, 5.41) is 0.961. The number of carbonyl (C=O) groups excluding carboxylic acids is 2. The molecule has 0 saturated heterocycles. The largest absolute Gasteiger partial charge is 0.352 e. The molecule has 1 heterocycles. The van der Waals surface area contributed by atoms with Gasteiger partial charge in [-0.15, -0.1) is 0 Å². The SMILES string of the molecule is CC(=O)Cc1c(C(C)=O)[nH]c2ccccc12. The molecule has 0 unspecified atom stereocenters. The standard InChI is InChI=1S/C13H13NO2/c1-8(15)7-11-10-5-3-4-6-12(10)14-13(11)9(2)16/h3-6,14H,7H2,1-2H3. The molecule has 0 saturated carbocycles. The molecule has 0 aliphatic carbocycles. The molecule has 3 heteroatoms. The molecule has 0 atom stereocenters. The van der Waals surface area contributed by atoms with Crippen molar-refractivity contribution in [3.63, 3.8) is 0 Å². The number of nitrogens with one attached hydrogen (secondary N) is 1. The van der Waals surface area contributed by atoms with E-state index in [-0.39, 0.29) is 11.6 Å². The summed E-state index contributed by atoms with van der Waals surface area (Å²) >= 11 is 0. The Balaban J connectivity index is 2.69. The van der Waals surface area contributed by atoms with Crippen LogP contribution in [0.5, 0.6) is 0 Å². The van der Waals surface area contributed by atoms with Gasteiger partial charge in [-0.3, -0.25) is 9.59 Å². The molecule has 0 aliphatic rings. The second-order valence-electron chi connectivity index (χ2n) is 3.96. The van der Waals surface area contributed by atoms with E-state index < -0.39 is 0 Å². The predicted octanol–water partition coefficient (Wildman–Crippen LogP) is 2.50. The minimum atomic E-state index is -0.0348. The number of carbonyl (C=O) groups is 2. The molecular weight excluding hydrogens is 202 g/mol. The van der Waals surface area contributed by atoms with Crippen LogP contribution in [0.2, 0.25) is 0 Å². The van der Waals surface area contributed by atoms with Crippen molar-refractivity contribution in [2.45, 2.75) is 20.3 Å². The normalized spacial score (nSPS) is 10.6. The van der Waals surface area contributed by atoms with Gasteiger partial charge in [0.1, 0.15) is 5.78 Å². The van der Waals surface area contributed by atoms with Crippen molar-refractivity contribution in [1.82, 2.24) is 4.98 Å². The lowest BCUT2D eigenvalue weighted by Crippen LogP contribution is -2.02. The Kier molecular flexibility index (Phi) is 2.60. The first-order valence-electron chi connectivity index (χ1n) is 5.19. The fraction of sp³-hybridized carbons (Fsp3) is 0.231. The van der Waals surface area contributed by atoms with Gasteiger partial charge in [0.05, 0.1) is 5.69 Å². The van der Waals surface area contributed by atoms with Crippen molar-refractivity contribution in [2.75, 3.05) is 0 Å². The molecule has 0 bridgehead atoms. The van der Waals surface area contributed by atoms with Crippen LogP contribution in [0.15, 0.2) is 24.3 Å². The topological polar surface area (TPSA) is 49.9 Å². The predicted molar refractivity (Wildman–Crippen MR) is 62.7 cm³/mol. The third-order valence-electron chi connectivity index (χ3n) is 2.59. The maximum Gasteiger partial charge on any atom is 0.176 e. The van der Waals surface area contributed by atoms with Crippen molar-refractivity contribution in [1.29, 1.82) is 0 Å². The molecule has 1 N–H and O–H groups in total. The number of fused-ring (bicyclic) bond motifs is 1. The first-order chi connectivity index (χ1) is 7.59. The van der Waals surface area contributed by atoms with Gasteiger partial charge >= 0.3 is 0 Å². The molecule has 1 aromatic carbocycles. The molecule has 0 aliphatic heterocycles. The van der Waals surface area contributed by atoms with E-state index in [0.717, 1.165) is 16.5 Å². The maximum absolute atomic E-state index is 11.5. The highest BCUT2D eigenvalue weighted by atomic mass is 16.1. The van der Waals surface area contributed by atoms with E-state index in [9.17, 15) is 9.59 Å². The van der Waals surface area contributed by atoms with Crippen LogP contribution >= 0.6 is 0 Å². The molecule has 3 nitrogen and oxygen atoms in total. The number of aromatic nitrogens is 1. The number of para-hydroxylation sites is 1. The molecule has 1 aromatic heterocycles. The Labute approximate surface area is 93.5 Å². The third kappa shape index (κ3) is 1.76. The number of rotatable bonds is 3. The lowest BCUT2D eigenvalue weighted by Gasteiger charge is -1.98. The lowest BCUT2D eigenvalue weighted by atomic mass is 10.0. The van der Waals surface area contributed by atoms with Gasteiger partial charge in [0.2, 0.25) is 0 Å². The highest BCUT2D eigenvalue weighted by Crippen LogP contribution is 2.23. The van der Waals surface area contributed by atoms with Crippen molar-refractivity contribution in [3.05, 3.63) is 35.5 Å². The summed E-state index contributed by atoms with van der Waals surface area (Å²) in [5.41, 5.74) is 2.27. The fourth-order valence-corrected chi connectivity index (χ4v) is 1.93. The molecule has 0 spiro atoms. The Bertz CT molecular complexity index is 566. The molecule has 0 amide bonds. The van der Waals surface area contributed by atoms with E-state index in [1.807, 2.05) is 24.3 Å².